The van der Waals surface area contributed by atoms with Crippen molar-refractivity contribution >= 4 is 17.6 Å². The minimum absolute atomic E-state index is 0.00906. The lowest BCUT2D eigenvalue weighted by atomic mass is 9.47. The number of hydrogen-bond acceptors (Lipinski definition) is 2. The van der Waals surface area contributed by atoms with Gasteiger partial charge in [0.25, 0.3) is 0 Å². The third-order valence-corrected chi connectivity index (χ3v) is 12.0. The zero-order chi connectivity index (χ0) is 25.5. The number of hydrogen-bond donors (Lipinski definition) is 0. The number of alkyl halides is 1. The quantitative estimate of drug-likeness (QED) is 0.187. The van der Waals surface area contributed by atoms with Gasteiger partial charge in [-0.25, -0.2) is 0 Å². The van der Waals surface area contributed by atoms with Gasteiger partial charge in [-0.3, -0.25) is 4.79 Å². The fourth-order valence-corrected chi connectivity index (χ4v) is 9.31. The molecule has 0 N–H and O–H groups in total. The lowest BCUT2D eigenvalue weighted by Crippen LogP contribution is -2.51. The first-order chi connectivity index (χ1) is 16.5. The molecule has 0 radical (unpaired) electrons. The fraction of sp³-hybridized carbons (Fsp3) is 0.906. The van der Waals surface area contributed by atoms with Crippen LogP contribution in [0.5, 0.6) is 0 Å². The van der Waals surface area contributed by atoms with Gasteiger partial charge in [0.15, 0.2) is 0 Å². The molecule has 0 aromatic rings. The molecule has 0 unspecified atom stereocenters. The van der Waals surface area contributed by atoms with Gasteiger partial charge >= 0.3 is 5.97 Å². The SMILES string of the molecule is CC(C)CCC[C@@H](C)[C@@H]1CC[C@@H]2[C@H]3CC=C4C[C@@H](OC(=O)[C@@H](Cl)C(C)C)CC[C@]4(C)[C@@H]3CC[C@@]21C. The van der Waals surface area contributed by atoms with E-state index >= 15 is 0 Å². The van der Waals surface area contributed by atoms with Crippen molar-refractivity contribution in [3.05, 3.63) is 11.6 Å². The molecule has 9 atom stereocenters. The Hall–Kier alpha value is -0.500. The van der Waals surface area contributed by atoms with Gasteiger partial charge in [-0.15, -0.1) is 11.6 Å². The van der Waals surface area contributed by atoms with Crippen LogP contribution in [0.25, 0.3) is 0 Å². The lowest BCUT2D eigenvalue weighted by molar-refractivity contribution is -0.151. The minimum Gasteiger partial charge on any atom is -0.461 e. The van der Waals surface area contributed by atoms with Gasteiger partial charge in [0, 0.05) is 6.42 Å². The summed E-state index contributed by atoms with van der Waals surface area (Å²) in [5.74, 6) is 5.05. The molecule has 2 nitrogen and oxygen atoms in total. The van der Waals surface area contributed by atoms with Crippen molar-refractivity contribution in [3.8, 4) is 0 Å². The summed E-state index contributed by atoms with van der Waals surface area (Å²) in [7, 11) is 0. The topological polar surface area (TPSA) is 26.3 Å². The largest absolute Gasteiger partial charge is 0.461 e. The maximum Gasteiger partial charge on any atom is 0.324 e. The van der Waals surface area contributed by atoms with E-state index in [2.05, 4.69) is 40.7 Å². The van der Waals surface area contributed by atoms with Gasteiger partial charge in [0.05, 0.1) is 0 Å². The standard InChI is InChI=1S/C32H53ClO2/c1-20(2)9-8-10-22(5)26-13-14-27-25-12-11-23-19-24(35-30(34)29(33)21(3)4)15-17-31(23,6)28(25)16-18-32(26,27)7/h11,20-22,24-29H,8-10,12-19H2,1-7H3/t22-,24+,25-,26+,27-,28-,29+,31+,32-/m1/s1. The number of fused-ring (bicyclic) bond motifs is 5. The van der Waals surface area contributed by atoms with Crippen LogP contribution in [0.3, 0.4) is 0 Å². The molecule has 3 fully saturated rings. The van der Waals surface area contributed by atoms with Crippen molar-refractivity contribution in [3.63, 3.8) is 0 Å². The Balaban J connectivity index is 1.43. The van der Waals surface area contributed by atoms with Crippen LogP contribution in [0.4, 0.5) is 0 Å². The molecule has 0 saturated heterocycles. The second-order valence-electron chi connectivity index (χ2n) is 14.2. The third-order valence-electron chi connectivity index (χ3n) is 11.4. The predicted octanol–water partition coefficient (Wildman–Crippen LogP) is 9.20. The molecule has 4 rings (SSSR count). The summed E-state index contributed by atoms with van der Waals surface area (Å²) in [6, 6.07) is 0. The summed E-state index contributed by atoms with van der Waals surface area (Å²) in [6.07, 6.45) is 16.8. The van der Waals surface area contributed by atoms with Crippen LogP contribution >= 0.6 is 11.6 Å². The highest BCUT2D eigenvalue weighted by Gasteiger charge is 2.59. The monoisotopic (exact) mass is 504 g/mol. The van der Waals surface area contributed by atoms with E-state index in [9.17, 15) is 4.79 Å². The number of carbonyl (C=O) groups excluding carboxylic acids is 1. The van der Waals surface area contributed by atoms with Gasteiger partial charge in [-0.1, -0.05) is 79.4 Å². The summed E-state index contributed by atoms with van der Waals surface area (Å²) in [5, 5.41) is -0.535. The Morgan fingerprint density at radius 1 is 1.03 bits per heavy atom. The molecule has 0 aromatic carbocycles. The first kappa shape index (κ1) is 27.5. The van der Waals surface area contributed by atoms with E-state index in [4.69, 9.17) is 16.3 Å². The molecular formula is C32H53ClO2. The molecule has 200 valence electrons. The van der Waals surface area contributed by atoms with E-state index < -0.39 is 5.38 Å². The van der Waals surface area contributed by atoms with Gasteiger partial charge < -0.3 is 4.74 Å². The maximum atomic E-state index is 12.5. The molecule has 0 heterocycles. The predicted molar refractivity (Wildman–Crippen MR) is 147 cm³/mol. The number of esters is 1. The summed E-state index contributed by atoms with van der Waals surface area (Å²) < 4.78 is 5.91. The van der Waals surface area contributed by atoms with Crippen LogP contribution < -0.4 is 0 Å². The highest BCUT2D eigenvalue weighted by atomic mass is 35.5. The van der Waals surface area contributed by atoms with Gasteiger partial charge in [-0.05, 0) is 97.2 Å². The summed E-state index contributed by atoms with van der Waals surface area (Å²) in [5.41, 5.74) is 2.42. The number of rotatable bonds is 8. The molecule has 3 saturated carbocycles. The number of allylic oxidation sites excluding steroid dienone is 1. The highest BCUT2D eigenvalue weighted by Crippen LogP contribution is 2.67. The van der Waals surface area contributed by atoms with Crippen LogP contribution in [0.15, 0.2) is 11.6 Å². The molecule has 4 aliphatic rings. The zero-order valence-corrected chi connectivity index (χ0v) is 24.5. The van der Waals surface area contributed by atoms with Crippen LogP contribution in [-0.2, 0) is 9.53 Å². The van der Waals surface area contributed by atoms with Crippen molar-refractivity contribution in [1.82, 2.24) is 0 Å². The Kier molecular flexibility index (Phi) is 8.42. The zero-order valence-electron chi connectivity index (χ0n) is 23.7. The van der Waals surface area contributed by atoms with E-state index in [1.165, 1.54) is 51.4 Å². The van der Waals surface area contributed by atoms with Crippen LogP contribution in [0.1, 0.15) is 119 Å². The van der Waals surface area contributed by atoms with E-state index in [1.807, 2.05) is 13.8 Å². The highest BCUT2D eigenvalue weighted by molar-refractivity contribution is 6.30. The summed E-state index contributed by atoms with van der Waals surface area (Å²) >= 11 is 6.29. The number of ether oxygens (including phenoxy) is 1. The number of carbonyl (C=O) groups is 1. The average molecular weight is 505 g/mol. The van der Waals surface area contributed by atoms with E-state index in [0.29, 0.717) is 10.8 Å². The molecule has 0 aromatic heterocycles. The second kappa shape index (κ2) is 10.7. The fourth-order valence-electron chi connectivity index (χ4n) is 9.25. The molecule has 4 aliphatic carbocycles. The van der Waals surface area contributed by atoms with Crippen molar-refractivity contribution in [1.29, 1.82) is 0 Å². The maximum absolute atomic E-state index is 12.5. The van der Waals surface area contributed by atoms with Gasteiger partial charge in [0.2, 0.25) is 0 Å². The molecule has 0 bridgehead atoms. The molecule has 3 heteroatoms. The first-order valence-electron chi connectivity index (χ1n) is 15.0. The van der Waals surface area contributed by atoms with Gasteiger partial charge in [0.1, 0.15) is 11.5 Å². The molecule has 0 amide bonds. The Bertz CT molecular complexity index is 786. The van der Waals surface area contributed by atoms with Crippen molar-refractivity contribution in [2.45, 2.75) is 131 Å². The van der Waals surface area contributed by atoms with E-state index in [0.717, 1.165) is 54.8 Å². The Morgan fingerprint density at radius 3 is 2.46 bits per heavy atom. The van der Waals surface area contributed by atoms with Crippen LogP contribution in [-0.4, -0.2) is 17.5 Å². The molecule has 0 aliphatic heterocycles. The summed E-state index contributed by atoms with van der Waals surface area (Å²) in [6.45, 7) is 16.5. The molecule has 0 spiro atoms. The Labute approximate surface area is 221 Å². The van der Waals surface area contributed by atoms with Crippen molar-refractivity contribution in [2.75, 3.05) is 0 Å². The first-order valence-corrected chi connectivity index (χ1v) is 15.4. The molecule has 35 heavy (non-hydrogen) atoms. The minimum atomic E-state index is -0.535. The average Bonchev–Trinajstić information content (AvgIpc) is 3.15. The summed E-state index contributed by atoms with van der Waals surface area (Å²) in [4.78, 5) is 12.5. The molecular weight excluding hydrogens is 452 g/mol. The van der Waals surface area contributed by atoms with Crippen molar-refractivity contribution in [2.24, 2.45) is 52.3 Å². The van der Waals surface area contributed by atoms with E-state index in [-0.39, 0.29) is 18.0 Å². The van der Waals surface area contributed by atoms with Crippen LogP contribution in [0.2, 0.25) is 0 Å². The second-order valence-corrected chi connectivity index (χ2v) is 14.7. The third kappa shape index (κ3) is 5.26. The Morgan fingerprint density at radius 2 is 1.77 bits per heavy atom. The van der Waals surface area contributed by atoms with Crippen LogP contribution in [0, 0.1) is 52.3 Å². The normalized spacial score (nSPS) is 40.5. The van der Waals surface area contributed by atoms with Gasteiger partial charge in [-0.2, -0.15) is 0 Å². The van der Waals surface area contributed by atoms with E-state index in [1.54, 1.807) is 5.57 Å². The smallest absolute Gasteiger partial charge is 0.324 e. The number of halogens is 1. The van der Waals surface area contributed by atoms with Crippen molar-refractivity contribution < 1.29 is 9.53 Å². The lowest BCUT2D eigenvalue weighted by Gasteiger charge is -2.58.